The van der Waals surface area contributed by atoms with Gasteiger partial charge >= 0.3 is 0 Å². The number of benzene rings is 2. The summed E-state index contributed by atoms with van der Waals surface area (Å²) in [6.45, 7) is 0.447. The van der Waals surface area contributed by atoms with E-state index in [-0.39, 0.29) is 0 Å². The molecule has 8 heteroatoms. The summed E-state index contributed by atoms with van der Waals surface area (Å²) < 4.78 is 14.8. The van der Waals surface area contributed by atoms with Crippen LogP contribution in [0, 0.1) is 11.8 Å². The smallest absolute Gasteiger partial charge is 0.124 e. The molecule has 180 valence electrons. The second-order valence-corrected chi connectivity index (χ2v) is 8.29. The molecule has 0 aliphatic rings. The van der Waals surface area contributed by atoms with Crippen molar-refractivity contribution in [3.63, 3.8) is 0 Å². The molecule has 3 heterocycles. The van der Waals surface area contributed by atoms with Gasteiger partial charge in [-0.1, -0.05) is 5.92 Å². The highest BCUT2D eigenvalue weighted by Gasteiger charge is 2.14. The van der Waals surface area contributed by atoms with Gasteiger partial charge in [0.25, 0.3) is 0 Å². The van der Waals surface area contributed by atoms with Crippen LogP contribution in [0.4, 0.5) is 11.4 Å². The van der Waals surface area contributed by atoms with Crippen LogP contribution in [-0.4, -0.2) is 45.1 Å². The Kier molecular flexibility index (Phi) is 6.29. The Hall–Kier alpha value is -4.77. The highest BCUT2D eigenvalue weighted by Crippen LogP contribution is 2.34. The molecule has 2 aromatic carbocycles. The fraction of sp³-hybridized carbons (Fsp3) is 0.179. The first-order valence-corrected chi connectivity index (χ1v) is 11.4. The lowest BCUT2D eigenvalue weighted by Crippen LogP contribution is -2.17. The minimum atomic E-state index is 0.447. The number of methoxy groups -OCH3 is 2. The average molecular weight is 479 g/mol. The first-order valence-electron chi connectivity index (χ1n) is 11.4. The molecule has 3 aromatic heterocycles. The summed E-state index contributed by atoms with van der Waals surface area (Å²) in [5, 5.41) is 4.25. The average Bonchev–Trinajstić information content (AvgIpc) is 3.53. The van der Waals surface area contributed by atoms with Crippen molar-refractivity contribution in [3.8, 4) is 34.6 Å². The lowest BCUT2D eigenvalue weighted by Gasteiger charge is -2.24. The Labute approximate surface area is 209 Å². The van der Waals surface area contributed by atoms with Gasteiger partial charge in [-0.05, 0) is 36.3 Å². The summed E-state index contributed by atoms with van der Waals surface area (Å²) in [5.74, 6) is 7.97. The molecule has 0 unspecified atom stereocenters. The molecule has 0 spiro atoms. The fourth-order valence-electron chi connectivity index (χ4n) is 3.94. The van der Waals surface area contributed by atoms with Gasteiger partial charge in [-0.2, -0.15) is 5.10 Å². The number of anilines is 2. The molecule has 0 radical (unpaired) electrons. The van der Waals surface area contributed by atoms with Gasteiger partial charge in [0.1, 0.15) is 11.5 Å². The van der Waals surface area contributed by atoms with Gasteiger partial charge in [-0.15, -0.1) is 0 Å². The van der Waals surface area contributed by atoms with Crippen molar-refractivity contribution in [1.29, 1.82) is 0 Å². The number of rotatable bonds is 6. The van der Waals surface area contributed by atoms with Gasteiger partial charge in [-0.25, -0.2) is 4.98 Å². The first-order chi connectivity index (χ1) is 17.5. The molecule has 5 aromatic rings. The van der Waals surface area contributed by atoms with Crippen molar-refractivity contribution in [2.75, 3.05) is 25.7 Å². The van der Waals surface area contributed by atoms with Crippen LogP contribution >= 0.6 is 0 Å². The third kappa shape index (κ3) is 4.72. The standard InChI is InChI=1S/C28H26N6O2/c1-32-11-5-7-21(32)8-6-12-34(23-13-24(35-3)16-25(14-23)36-4)22-9-10-26-27(15-22)31-28(18-29-26)20-17-30-33(2)19-20/h5,7,9-11,13-19H,12H2,1-4H3. The molecule has 36 heavy (non-hydrogen) atoms. The molecule has 0 N–H and O–H groups in total. The Morgan fingerprint density at radius 3 is 2.39 bits per heavy atom. The molecule has 0 amide bonds. The maximum absolute atomic E-state index is 5.52. The Morgan fingerprint density at radius 2 is 1.72 bits per heavy atom. The minimum Gasteiger partial charge on any atom is -0.497 e. The summed E-state index contributed by atoms with van der Waals surface area (Å²) in [6, 6.07) is 15.8. The number of aryl methyl sites for hydroxylation is 2. The van der Waals surface area contributed by atoms with E-state index in [4.69, 9.17) is 14.5 Å². The molecule has 0 aliphatic carbocycles. The third-order valence-corrected chi connectivity index (χ3v) is 5.88. The van der Waals surface area contributed by atoms with Gasteiger partial charge < -0.3 is 18.9 Å². The summed E-state index contributed by atoms with van der Waals surface area (Å²) in [6.07, 6.45) is 7.47. The van der Waals surface area contributed by atoms with Gasteiger partial charge in [0.15, 0.2) is 0 Å². The highest BCUT2D eigenvalue weighted by atomic mass is 16.5. The molecule has 0 fully saturated rings. The first kappa shape index (κ1) is 23.0. The van der Waals surface area contributed by atoms with E-state index in [1.165, 1.54) is 0 Å². The zero-order valence-corrected chi connectivity index (χ0v) is 20.6. The van der Waals surface area contributed by atoms with Crippen LogP contribution in [0.5, 0.6) is 11.5 Å². The number of ether oxygens (including phenoxy) is 2. The quantitative estimate of drug-likeness (QED) is 0.333. The minimum absolute atomic E-state index is 0.447. The number of aromatic nitrogens is 5. The fourth-order valence-corrected chi connectivity index (χ4v) is 3.94. The Bertz CT molecular complexity index is 1570. The molecule has 0 saturated heterocycles. The normalized spacial score (nSPS) is 10.7. The molecular formula is C28H26N6O2. The van der Waals surface area contributed by atoms with Crippen LogP contribution in [0.25, 0.3) is 22.3 Å². The zero-order chi connectivity index (χ0) is 25.1. The summed E-state index contributed by atoms with van der Waals surface area (Å²) in [4.78, 5) is 11.6. The van der Waals surface area contributed by atoms with E-state index in [0.717, 1.165) is 39.4 Å². The van der Waals surface area contributed by atoms with E-state index in [9.17, 15) is 0 Å². The Morgan fingerprint density at radius 1 is 0.917 bits per heavy atom. The molecule has 5 rings (SSSR count). The molecular weight excluding hydrogens is 452 g/mol. The van der Waals surface area contributed by atoms with Gasteiger partial charge in [0, 0.05) is 61.6 Å². The van der Waals surface area contributed by atoms with E-state index in [1.54, 1.807) is 31.3 Å². The van der Waals surface area contributed by atoms with E-state index in [1.807, 2.05) is 79.6 Å². The second kappa shape index (κ2) is 9.84. The summed E-state index contributed by atoms with van der Waals surface area (Å²) in [5.41, 5.74) is 6.04. The SMILES string of the molecule is COc1cc(OC)cc(N(CC#Cc2cccn2C)c2ccc3ncc(-c4cnn(C)c4)nc3c2)c1. The van der Waals surface area contributed by atoms with Crippen molar-refractivity contribution in [3.05, 3.63) is 79.0 Å². The van der Waals surface area contributed by atoms with Crippen molar-refractivity contribution < 1.29 is 9.47 Å². The molecule has 0 atom stereocenters. The number of hydrogen-bond acceptors (Lipinski definition) is 6. The predicted molar refractivity (Wildman–Crippen MR) is 141 cm³/mol. The van der Waals surface area contributed by atoms with Crippen LogP contribution in [0.15, 0.2) is 73.3 Å². The molecule has 0 aliphatic heterocycles. The van der Waals surface area contributed by atoms with Crippen LogP contribution in [0.2, 0.25) is 0 Å². The van der Waals surface area contributed by atoms with E-state index in [0.29, 0.717) is 18.0 Å². The topological polar surface area (TPSA) is 70.2 Å². The van der Waals surface area contributed by atoms with Crippen LogP contribution in [0.1, 0.15) is 5.69 Å². The second-order valence-electron chi connectivity index (χ2n) is 8.29. The zero-order valence-electron chi connectivity index (χ0n) is 20.6. The number of hydrogen-bond donors (Lipinski definition) is 0. The highest BCUT2D eigenvalue weighted by molar-refractivity contribution is 5.83. The number of fused-ring (bicyclic) bond motifs is 1. The third-order valence-electron chi connectivity index (χ3n) is 5.88. The molecule has 0 bridgehead atoms. The van der Waals surface area contributed by atoms with Crippen LogP contribution < -0.4 is 14.4 Å². The summed E-state index contributed by atoms with van der Waals surface area (Å²) in [7, 11) is 7.15. The van der Waals surface area contributed by atoms with Crippen molar-refractivity contribution in [1.82, 2.24) is 24.3 Å². The van der Waals surface area contributed by atoms with Gasteiger partial charge in [0.05, 0.1) is 55.6 Å². The van der Waals surface area contributed by atoms with Gasteiger partial charge in [0.2, 0.25) is 0 Å². The lowest BCUT2D eigenvalue weighted by molar-refractivity contribution is 0.394. The monoisotopic (exact) mass is 478 g/mol. The van der Waals surface area contributed by atoms with Gasteiger partial charge in [-0.3, -0.25) is 9.67 Å². The maximum Gasteiger partial charge on any atom is 0.124 e. The van der Waals surface area contributed by atoms with Crippen molar-refractivity contribution >= 4 is 22.4 Å². The van der Waals surface area contributed by atoms with E-state index in [2.05, 4.69) is 26.8 Å². The maximum atomic E-state index is 5.52. The van der Waals surface area contributed by atoms with Crippen LogP contribution in [0.3, 0.4) is 0 Å². The predicted octanol–water partition coefficient (Wildman–Crippen LogP) is 4.58. The van der Waals surface area contributed by atoms with Crippen molar-refractivity contribution in [2.24, 2.45) is 14.1 Å². The Balaban J connectivity index is 1.58. The van der Waals surface area contributed by atoms with Crippen molar-refractivity contribution in [2.45, 2.75) is 0 Å². The summed E-state index contributed by atoms with van der Waals surface area (Å²) >= 11 is 0. The largest absolute Gasteiger partial charge is 0.497 e. The van der Waals surface area contributed by atoms with Crippen LogP contribution in [-0.2, 0) is 14.1 Å². The molecule has 0 saturated carbocycles. The number of nitrogens with zero attached hydrogens (tertiary/aromatic N) is 6. The van der Waals surface area contributed by atoms with E-state index < -0.39 is 0 Å². The van der Waals surface area contributed by atoms with E-state index >= 15 is 0 Å². The lowest BCUT2D eigenvalue weighted by atomic mass is 10.2. The molecule has 8 nitrogen and oxygen atoms in total.